The number of pyridine rings is 2. The van der Waals surface area contributed by atoms with Gasteiger partial charge in [0.1, 0.15) is 11.5 Å². The van der Waals surface area contributed by atoms with E-state index in [1.165, 1.54) is 12.8 Å². The molecule has 5 nitrogen and oxygen atoms in total. The quantitative estimate of drug-likeness (QED) is 0.568. The highest BCUT2D eigenvalue weighted by molar-refractivity contribution is 5.82. The standard InChI is InChI=1S/C26H28N4O/c31-23-16-24(29-21-8-4-3-5-9-21)30(22-10-6-1-2-7-11-22)26-25(23)20(14-15-28-26)18-27-17-19-12-13-19/h1-6,8-10,14-16,19,22,27,29H,7,11-13,17-18H2. The van der Waals surface area contributed by atoms with Gasteiger partial charge in [0.25, 0.3) is 0 Å². The highest BCUT2D eigenvalue weighted by atomic mass is 16.1. The Morgan fingerprint density at radius 2 is 1.94 bits per heavy atom. The number of hydrogen-bond acceptors (Lipinski definition) is 4. The Morgan fingerprint density at radius 3 is 2.77 bits per heavy atom. The summed E-state index contributed by atoms with van der Waals surface area (Å²) in [6, 6.07) is 13.8. The molecule has 2 aliphatic rings. The zero-order valence-corrected chi connectivity index (χ0v) is 17.6. The van der Waals surface area contributed by atoms with Crippen LogP contribution in [0, 0.1) is 5.92 Å². The Morgan fingerprint density at radius 1 is 1.06 bits per heavy atom. The van der Waals surface area contributed by atoms with Crippen LogP contribution in [0.4, 0.5) is 11.5 Å². The average Bonchev–Trinajstić information content (AvgIpc) is 3.62. The smallest absolute Gasteiger partial charge is 0.193 e. The maximum Gasteiger partial charge on any atom is 0.193 e. The second kappa shape index (κ2) is 8.90. The first kappa shape index (κ1) is 19.8. The van der Waals surface area contributed by atoms with E-state index in [9.17, 15) is 4.79 Å². The fourth-order valence-corrected chi connectivity index (χ4v) is 4.25. The lowest BCUT2D eigenvalue weighted by atomic mass is 10.1. The number of nitrogens with zero attached hydrogens (tertiary/aromatic N) is 2. The van der Waals surface area contributed by atoms with Crippen LogP contribution in [0.15, 0.2) is 77.8 Å². The van der Waals surface area contributed by atoms with Crippen molar-refractivity contribution in [3.63, 3.8) is 0 Å². The number of fused-ring (bicyclic) bond motifs is 1. The second-order valence-electron chi connectivity index (χ2n) is 8.46. The molecule has 0 radical (unpaired) electrons. The molecule has 158 valence electrons. The van der Waals surface area contributed by atoms with Gasteiger partial charge in [0.2, 0.25) is 0 Å². The number of rotatable bonds is 7. The summed E-state index contributed by atoms with van der Waals surface area (Å²) in [5, 5.41) is 7.71. The third kappa shape index (κ3) is 4.47. The van der Waals surface area contributed by atoms with Gasteiger partial charge in [-0.25, -0.2) is 4.98 Å². The molecule has 3 aromatic rings. The molecule has 1 unspecified atom stereocenters. The van der Waals surface area contributed by atoms with Crippen molar-refractivity contribution in [1.29, 1.82) is 0 Å². The molecule has 0 amide bonds. The predicted molar refractivity (Wildman–Crippen MR) is 127 cm³/mol. The van der Waals surface area contributed by atoms with Gasteiger partial charge in [-0.15, -0.1) is 0 Å². The van der Waals surface area contributed by atoms with Gasteiger partial charge in [-0.3, -0.25) is 4.79 Å². The lowest BCUT2D eigenvalue weighted by Gasteiger charge is -2.24. The van der Waals surface area contributed by atoms with Crippen LogP contribution in [-0.4, -0.2) is 16.1 Å². The molecule has 5 heteroatoms. The fraction of sp³-hybridized carbons (Fsp3) is 0.308. The van der Waals surface area contributed by atoms with E-state index in [1.807, 2.05) is 42.6 Å². The summed E-state index contributed by atoms with van der Waals surface area (Å²) in [4.78, 5) is 18.0. The number of nitrogens with one attached hydrogen (secondary N) is 2. The highest BCUT2D eigenvalue weighted by Gasteiger charge is 2.22. The predicted octanol–water partition coefficient (Wildman–Crippen LogP) is 5.09. The topological polar surface area (TPSA) is 59.0 Å². The molecule has 31 heavy (non-hydrogen) atoms. The number of hydrogen-bond donors (Lipinski definition) is 2. The number of benzene rings is 1. The number of allylic oxidation sites excluding steroid dienone is 4. The van der Waals surface area contributed by atoms with Crippen molar-refractivity contribution in [2.45, 2.75) is 38.3 Å². The van der Waals surface area contributed by atoms with Crippen LogP contribution in [0.2, 0.25) is 0 Å². The van der Waals surface area contributed by atoms with Crippen LogP contribution in [0.3, 0.4) is 0 Å². The minimum atomic E-state index is 0.0109. The van der Waals surface area contributed by atoms with E-state index in [-0.39, 0.29) is 11.5 Å². The minimum Gasteiger partial charge on any atom is -0.341 e. The van der Waals surface area contributed by atoms with E-state index in [1.54, 1.807) is 6.07 Å². The summed E-state index contributed by atoms with van der Waals surface area (Å²) in [5.74, 6) is 1.57. The molecule has 5 rings (SSSR count). The molecule has 1 atom stereocenters. The molecular weight excluding hydrogens is 384 g/mol. The summed E-state index contributed by atoms with van der Waals surface area (Å²) in [6.07, 6.45) is 15.0. The molecule has 2 aromatic heterocycles. The molecule has 0 bridgehead atoms. The number of anilines is 2. The Labute approximate surface area is 182 Å². The van der Waals surface area contributed by atoms with Crippen LogP contribution in [0.1, 0.15) is 37.3 Å². The molecule has 1 saturated carbocycles. The summed E-state index contributed by atoms with van der Waals surface area (Å²) < 4.78 is 2.19. The molecule has 2 aliphatic carbocycles. The van der Waals surface area contributed by atoms with Gasteiger partial charge in [0, 0.05) is 24.5 Å². The van der Waals surface area contributed by atoms with Gasteiger partial charge in [0.15, 0.2) is 5.43 Å². The summed E-state index contributed by atoms with van der Waals surface area (Å²) in [5.41, 5.74) is 2.73. The molecule has 0 aliphatic heterocycles. The fourth-order valence-electron chi connectivity index (χ4n) is 4.25. The first-order valence-corrected chi connectivity index (χ1v) is 11.2. The zero-order chi connectivity index (χ0) is 21.0. The summed E-state index contributed by atoms with van der Waals surface area (Å²) in [7, 11) is 0. The molecular formula is C26H28N4O. The van der Waals surface area contributed by atoms with Crippen molar-refractivity contribution < 1.29 is 0 Å². The minimum absolute atomic E-state index is 0.0109. The first-order chi connectivity index (χ1) is 15.3. The third-order valence-corrected chi connectivity index (χ3v) is 6.05. The van der Waals surface area contributed by atoms with Crippen molar-refractivity contribution in [2.24, 2.45) is 5.92 Å². The number of para-hydroxylation sites is 1. The normalized spacial score (nSPS) is 18.3. The van der Waals surface area contributed by atoms with Crippen LogP contribution in [0.25, 0.3) is 11.0 Å². The van der Waals surface area contributed by atoms with E-state index < -0.39 is 0 Å². The van der Waals surface area contributed by atoms with Crippen LogP contribution >= 0.6 is 0 Å². The van der Waals surface area contributed by atoms with Crippen molar-refractivity contribution in [1.82, 2.24) is 14.9 Å². The summed E-state index contributed by atoms with van der Waals surface area (Å²) in [6.45, 7) is 1.71. The van der Waals surface area contributed by atoms with Gasteiger partial charge < -0.3 is 15.2 Å². The molecule has 0 saturated heterocycles. The van der Waals surface area contributed by atoms with E-state index in [0.717, 1.165) is 53.4 Å². The average molecular weight is 413 g/mol. The van der Waals surface area contributed by atoms with Gasteiger partial charge in [0.05, 0.1) is 11.4 Å². The van der Waals surface area contributed by atoms with Crippen LogP contribution < -0.4 is 16.1 Å². The van der Waals surface area contributed by atoms with Crippen molar-refractivity contribution in [3.8, 4) is 0 Å². The molecule has 2 N–H and O–H groups in total. The molecule has 1 fully saturated rings. The van der Waals surface area contributed by atoms with Gasteiger partial charge >= 0.3 is 0 Å². The van der Waals surface area contributed by atoms with Crippen LogP contribution in [-0.2, 0) is 6.54 Å². The van der Waals surface area contributed by atoms with Crippen LogP contribution in [0.5, 0.6) is 0 Å². The Bertz CT molecular complexity index is 1180. The Kier molecular flexibility index (Phi) is 5.67. The second-order valence-corrected chi connectivity index (χ2v) is 8.46. The highest BCUT2D eigenvalue weighted by Crippen LogP contribution is 2.30. The lowest BCUT2D eigenvalue weighted by molar-refractivity contribution is 0.581. The first-order valence-electron chi connectivity index (χ1n) is 11.2. The zero-order valence-electron chi connectivity index (χ0n) is 17.6. The molecule has 1 aromatic carbocycles. The molecule has 0 spiro atoms. The number of aromatic nitrogens is 2. The Balaban J connectivity index is 1.61. The van der Waals surface area contributed by atoms with Gasteiger partial charge in [-0.2, -0.15) is 0 Å². The monoisotopic (exact) mass is 412 g/mol. The largest absolute Gasteiger partial charge is 0.341 e. The maximum absolute atomic E-state index is 13.3. The van der Waals surface area contributed by atoms with Crippen molar-refractivity contribution in [2.75, 3.05) is 11.9 Å². The SMILES string of the molecule is O=c1cc(Nc2ccccc2)n(C2C=CC=CCC2)c2nccc(CNCC3CC3)c12. The maximum atomic E-state index is 13.3. The van der Waals surface area contributed by atoms with Crippen molar-refractivity contribution >= 4 is 22.5 Å². The lowest BCUT2D eigenvalue weighted by Crippen LogP contribution is -2.21. The van der Waals surface area contributed by atoms with E-state index in [4.69, 9.17) is 4.98 Å². The van der Waals surface area contributed by atoms with E-state index in [0.29, 0.717) is 6.54 Å². The summed E-state index contributed by atoms with van der Waals surface area (Å²) >= 11 is 0. The third-order valence-electron chi connectivity index (χ3n) is 6.05. The van der Waals surface area contributed by atoms with Crippen molar-refractivity contribution in [3.05, 3.63) is 88.8 Å². The van der Waals surface area contributed by atoms with E-state index >= 15 is 0 Å². The Hall–Kier alpha value is -3.18. The van der Waals surface area contributed by atoms with Gasteiger partial charge in [-0.1, -0.05) is 42.5 Å². The van der Waals surface area contributed by atoms with E-state index in [2.05, 4.69) is 39.5 Å². The molecule has 2 heterocycles. The van der Waals surface area contributed by atoms with Gasteiger partial charge in [-0.05, 0) is 61.9 Å².